The third-order valence-corrected chi connectivity index (χ3v) is 10.4. The van der Waals surface area contributed by atoms with Crippen molar-refractivity contribution in [3.8, 4) is 22.3 Å². The second kappa shape index (κ2) is 9.65. The van der Waals surface area contributed by atoms with E-state index in [1.807, 2.05) is 0 Å². The first-order chi connectivity index (χ1) is 22.3. The summed E-state index contributed by atoms with van der Waals surface area (Å²) in [6, 6.07) is 41.8. The summed E-state index contributed by atoms with van der Waals surface area (Å²) in [6.07, 6.45) is 0. The molecular formula is C46H36. The number of rotatable bonds is 2. The first-order valence-electron chi connectivity index (χ1n) is 16.4. The maximum absolute atomic E-state index is 2.53. The van der Waals surface area contributed by atoms with Crippen LogP contribution in [0.15, 0.2) is 109 Å². The summed E-state index contributed by atoms with van der Waals surface area (Å²) >= 11 is 0. The second-order valence-corrected chi connectivity index (χ2v) is 13.7. The van der Waals surface area contributed by atoms with E-state index in [1.54, 1.807) is 0 Å². The van der Waals surface area contributed by atoms with E-state index in [0.717, 1.165) is 0 Å². The van der Waals surface area contributed by atoms with E-state index < -0.39 is 0 Å². The summed E-state index contributed by atoms with van der Waals surface area (Å²) in [7, 11) is 0. The molecule has 0 unspecified atom stereocenters. The van der Waals surface area contributed by atoms with Gasteiger partial charge in [0.1, 0.15) is 0 Å². The van der Waals surface area contributed by atoms with Crippen LogP contribution in [0.5, 0.6) is 0 Å². The van der Waals surface area contributed by atoms with Crippen LogP contribution in [0, 0.1) is 41.5 Å². The number of aryl methyl sites for hydroxylation is 6. The minimum absolute atomic E-state index is 1.29. The van der Waals surface area contributed by atoms with Gasteiger partial charge in [-0.15, -0.1) is 0 Å². The molecule has 0 bridgehead atoms. The molecule has 0 atom stereocenters. The Bertz CT molecular complexity index is 2400. The van der Waals surface area contributed by atoms with Crippen molar-refractivity contribution in [2.45, 2.75) is 41.5 Å². The third-order valence-electron chi connectivity index (χ3n) is 10.4. The molecule has 7 aromatic rings. The van der Waals surface area contributed by atoms with Crippen LogP contribution in [0.1, 0.15) is 55.6 Å². The summed E-state index contributed by atoms with van der Waals surface area (Å²) in [5.74, 6) is 0. The zero-order valence-corrected chi connectivity index (χ0v) is 27.4. The van der Waals surface area contributed by atoms with E-state index in [2.05, 4.69) is 151 Å². The summed E-state index contributed by atoms with van der Waals surface area (Å²) in [5.41, 5.74) is 21.5. The van der Waals surface area contributed by atoms with Gasteiger partial charge < -0.3 is 0 Å². The first-order valence-corrected chi connectivity index (χ1v) is 16.4. The molecule has 7 aromatic carbocycles. The zero-order chi connectivity index (χ0) is 31.4. The summed E-state index contributed by atoms with van der Waals surface area (Å²) in [4.78, 5) is 0. The Morgan fingerprint density at radius 3 is 0.935 bits per heavy atom. The Morgan fingerprint density at radius 1 is 0.304 bits per heavy atom. The van der Waals surface area contributed by atoms with E-state index in [1.165, 1.54) is 121 Å². The summed E-state index contributed by atoms with van der Waals surface area (Å²) < 4.78 is 0. The van der Waals surface area contributed by atoms with E-state index in [9.17, 15) is 0 Å². The second-order valence-electron chi connectivity index (χ2n) is 13.7. The first kappa shape index (κ1) is 27.1. The molecule has 0 amide bonds. The van der Waals surface area contributed by atoms with Gasteiger partial charge in [0, 0.05) is 0 Å². The molecule has 0 aliphatic heterocycles. The lowest BCUT2D eigenvalue weighted by Crippen LogP contribution is -2.16. The average molecular weight is 589 g/mol. The molecule has 220 valence electrons. The molecule has 0 nitrogen and oxygen atoms in total. The van der Waals surface area contributed by atoms with Gasteiger partial charge in [-0.1, -0.05) is 83.9 Å². The molecule has 46 heavy (non-hydrogen) atoms. The lowest BCUT2D eigenvalue weighted by atomic mass is 9.88. The third kappa shape index (κ3) is 3.80. The minimum atomic E-state index is 1.29. The Labute approximate surface area is 271 Å². The van der Waals surface area contributed by atoms with E-state index >= 15 is 0 Å². The average Bonchev–Trinajstić information content (AvgIpc) is 3.48. The zero-order valence-electron chi connectivity index (χ0n) is 27.4. The molecular weight excluding hydrogens is 553 g/mol. The van der Waals surface area contributed by atoms with Gasteiger partial charge in [-0.05, 0) is 188 Å². The van der Waals surface area contributed by atoms with Crippen molar-refractivity contribution in [2.75, 3.05) is 0 Å². The van der Waals surface area contributed by atoms with Gasteiger partial charge in [0.2, 0.25) is 0 Å². The van der Waals surface area contributed by atoms with Crippen LogP contribution in [-0.2, 0) is 0 Å². The van der Waals surface area contributed by atoms with Crippen molar-refractivity contribution >= 4 is 32.7 Å². The largest absolute Gasteiger partial charge is 0.0616 e. The van der Waals surface area contributed by atoms with Crippen molar-refractivity contribution in [3.63, 3.8) is 0 Å². The van der Waals surface area contributed by atoms with Gasteiger partial charge in [0.15, 0.2) is 0 Å². The molecule has 0 radical (unpaired) electrons. The van der Waals surface area contributed by atoms with E-state index in [-0.39, 0.29) is 0 Å². The normalized spacial score (nSPS) is 12.9. The Balaban J connectivity index is 1.49. The van der Waals surface area contributed by atoms with E-state index in [0.29, 0.717) is 0 Å². The highest BCUT2D eigenvalue weighted by Crippen LogP contribution is 2.44. The Morgan fingerprint density at radius 2 is 0.609 bits per heavy atom. The molecule has 0 heterocycles. The minimum Gasteiger partial charge on any atom is -0.0616 e. The molecule has 0 spiro atoms. The van der Waals surface area contributed by atoms with Gasteiger partial charge in [0.05, 0.1) is 0 Å². The molecule has 0 aromatic heterocycles. The van der Waals surface area contributed by atoms with Crippen LogP contribution in [0.2, 0.25) is 0 Å². The molecule has 0 saturated carbocycles. The predicted octanol–water partition coefficient (Wildman–Crippen LogP) is 10.3. The number of hydrogen-bond donors (Lipinski definition) is 0. The maximum Gasteiger partial charge on any atom is -0.00206 e. The molecule has 2 aliphatic rings. The fraction of sp³-hybridized carbons (Fsp3) is 0.130. The van der Waals surface area contributed by atoms with Gasteiger partial charge in [0.25, 0.3) is 0 Å². The van der Waals surface area contributed by atoms with Gasteiger partial charge in [-0.25, -0.2) is 0 Å². The lowest BCUT2D eigenvalue weighted by molar-refractivity contribution is 1.28. The maximum atomic E-state index is 2.53. The predicted molar refractivity (Wildman–Crippen MR) is 196 cm³/mol. The van der Waals surface area contributed by atoms with Crippen LogP contribution in [0.4, 0.5) is 0 Å². The smallest absolute Gasteiger partial charge is 0.00206 e. The van der Waals surface area contributed by atoms with Gasteiger partial charge in [-0.2, -0.15) is 0 Å². The van der Waals surface area contributed by atoms with Gasteiger partial charge >= 0.3 is 0 Å². The highest BCUT2D eigenvalue weighted by molar-refractivity contribution is 6.07. The fourth-order valence-electron chi connectivity index (χ4n) is 8.78. The molecule has 9 rings (SSSR count). The number of hydrogen-bond acceptors (Lipinski definition) is 0. The number of benzene rings is 7. The van der Waals surface area contributed by atoms with E-state index in [4.69, 9.17) is 0 Å². The molecule has 0 heteroatoms. The fourth-order valence-corrected chi connectivity index (χ4v) is 8.78. The van der Waals surface area contributed by atoms with Crippen molar-refractivity contribution < 1.29 is 0 Å². The van der Waals surface area contributed by atoms with Crippen LogP contribution in [-0.4, -0.2) is 0 Å². The highest BCUT2D eigenvalue weighted by Gasteiger charge is 2.29. The Kier molecular flexibility index (Phi) is 5.69. The van der Waals surface area contributed by atoms with Crippen LogP contribution in [0.25, 0.3) is 54.9 Å². The molecule has 0 saturated heterocycles. The van der Waals surface area contributed by atoms with Crippen LogP contribution in [0.3, 0.4) is 0 Å². The Hall–Kier alpha value is -5.20. The molecule has 0 N–H and O–H groups in total. The monoisotopic (exact) mass is 588 g/mol. The van der Waals surface area contributed by atoms with Crippen molar-refractivity contribution in [3.05, 3.63) is 175 Å². The van der Waals surface area contributed by atoms with Gasteiger partial charge in [-0.3, -0.25) is 0 Å². The van der Waals surface area contributed by atoms with Crippen molar-refractivity contribution in [1.29, 1.82) is 0 Å². The van der Waals surface area contributed by atoms with Crippen LogP contribution >= 0.6 is 0 Å². The highest BCUT2D eigenvalue weighted by atomic mass is 14.3. The quantitative estimate of drug-likeness (QED) is 0.188. The lowest BCUT2D eigenvalue weighted by Gasteiger charge is -2.15. The standard InChI is InChI=1S/C46H36/c1-25-15-27(3)43(28(4)16-25)45-39-21-33-13-9-7-11-31(33)19-35(39)37-24-42-38(23-41(37)45)36-20-32-12-8-10-14-34(32)22-40(36)46(42)44-29(5)17-26(2)18-30(44)6/h7-24H,1-6H3. The topological polar surface area (TPSA) is 0 Å². The SMILES string of the molecule is Cc1cc(C)c(C2=c3cc4c(cc3-c3cc5ccccc5cc32)=C(c2c(C)cc(C)cc2C)c2cc3ccccc3cc2-4)c(C)c1. The van der Waals surface area contributed by atoms with Crippen molar-refractivity contribution in [1.82, 2.24) is 0 Å². The molecule has 0 fully saturated rings. The summed E-state index contributed by atoms with van der Waals surface area (Å²) in [6.45, 7) is 13.5. The van der Waals surface area contributed by atoms with Crippen molar-refractivity contribution in [2.24, 2.45) is 0 Å². The summed E-state index contributed by atoms with van der Waals surface area (Å²) in [5, 5.41) is 7.84. The number of fused-ring (bicyclic) bond motifs is 8. The molecule has 2 aliphatic carbocycles. The van der Waals surface area contributed by atoms with Crippen LogP contribution < -0.4 is 10.4 Å².